The number of nitrogens with zero attached hydrogens (tertiary/aromatic N) is 3. The highest BCUT2D eigenvalue weighted by atomic mass is 35.5. The van der Waals surface area contributed by atoms with Gasteiger partial charge in [0.1, 0.15) is 0 Å². The van der Waals surface area contributed by atoms with Crippen molar-refractivity contribution in [2.75, 3.05) is 37.6 Å². The number of benzene rings is 1. The third kappa shape index (κ3) is 4.69. The molecule has 8 heteroatoms. The number of aromatic nitrogens is 2. The van der Waals surface area contributed by atoms with Crippen molar-refractivity contribution >= 4 is 29.7 Å². The van der Waals surface area contributed by atoms with Crippen LogP contribution in [0.4, 0.5) is 5.69 Å². The molecule has 2 heterocycles. The second kappa shape index (κ2) is 9.26. The lowest BCUT2D eigenvalue weighted by Gasteiger charge is -2.36. The summed E-state index contributed by atoms with van der Waals surface area (Å²) in [5, 5.41) is 0.786. The third-order valence-corrected chi connectivity index (χ3v) is 4.98. The predicted octanol–water partition coefficient (Wildman–Crippen LogP) is 2.13. The number of H-pyrrole nitrogens is 1. The molecule has 0 spiro atoms. The number of aromatic amines is 1. The smallest absolute Gasteiger partial charge is 0.328 e. The average Bonchev–Trinajstić information content (AvgIpc) is 2.62. The standard InChI is InChI=1S/C18H23ClN4O2.ClH/c1-14-13-20-18(25)23(17(14)24)8-4-7-21-9-11-22(12-10-21)16-6-3-2-5-15(16)19;/h2-3,5-6,13H,4,7-12H2,1H3,(H,20,25);1H. The summed E-state index contributed by atoms with van der Waals surface area (Å²) in [6.07, 6.45) is 2.24. The van der Waals surface area contributed by atoms with Gasteiger partial charge in [-0.05, 0) is 32.0 Å². The molecule has 0 atom stereocenters. The van der Waals surface area contributed by atoms with Gasteiger partial charge in [0.2, 0.25) is 0 Å². The predicted molar refractivity (Wildman–Crippen MR) is 108 cm³/mol. The molecular weight excluding hydrogens is 375 g/mol. The number of halogens is 2. The molecule has 1 aliphatic rings. The van der Waals surface area contributed by atoms with Crippen LogP contribution in [0.25, 0.3) is 0 Å². The molecule has 0 bridgehead atoms. The normalized spacial score (nSPS) is 14.9. The van der Waals surface area contributed by atoms with Crippen LogP contribution in [0.2, 0.25) is 5.02 Å². The molecule has 2 aromatic rings. The molecule has 1 aromatic carbocycles. The van der Waals surface area contributed by atoms with Crippen LogP contribution < -0.4 is 16.1 Å². The molecule has 0 amide bonds. The zero-order valence-electron chi connectivity index (χ0n) is 14.8. The van der Waals surface area contributed by atoms with E-state index in [0.29, 0.717) is 12.1 Å². The highest BCUT2D eigenvalue weighted by molar-refractivity contribution is 6.33. The zero-order valence-corrected chi connectivity index (χ0v) is 16.4. The van der Waals surface area contributed by atoms with Crippen LogP contribution in [-0.2, 0) is 6.54 Å². The quantitative estimate of drug-likeness (QED) is 0.837. The van der Waals surface area contributed by atoms with Gasteiger partial charge in [0, 0.05) is 44.5 Å². The molecule has 6 nitrogen and oxygen atoms in total. The maximum atomic E-state index is 12.0. The summed E-state index contributed by atoms with van der Waals surface area (Å²) in [6, 6.07) is 7.91. The van der Waals surface area contributed by atoms with E-state index in [0.717, 1.165) is 49.9 Å². The first kappa shape index (κ1) is 20.6. The maximum Gasteiger partial charge on any atom is 0.328 e. The fraction of sp³-hybridized carbons (Fsp3) is 0.444. The Morgan fingerprint density at radius 2 is 1.77 bits per heavy atom. The SMILES string of the molecule is Cc1c[nH]c(=O)n(CCCN2CCN(c3ccccc3Cl)CC2)c1=O.Cl. The Morgan fingerprint density at radius 3 is 2.46 bits per heavy atom. The number of piperazine rings is 1. The van der Waals surface area contributed by atoms with E-state index in [1.54, 1.807) is 6.92 Å². The van der Waals surface area contributed by atoms with E-state index in [2.05, 4.69) is 20.9 Å². The van der Waals surface area contributed by atoms with E-state index in [4.69, 9.17) is 11.6 Å². The van der Waals surface area contributed by atoms with Crippen molar-refractivity contribution in [3.8, 4) is 0 Å². The van der Waals surface area contributed by atoms with E-state index in [1.165, 1.54) is 10.8 Å². The summed E-state index contributed by atoms with van der Waals surface area (Å²) < 4.78 is 1.29. The molecule has 1 saturated heterocycles. The highest BCUT2D eigenvalue weighted by Crippen LogP contribution is 2.25. The van der Waals surface area contributed by atoms with Crippen LogP contribution in [0.1, 0.15) is 12.0 Å². The van der Waals surface area contributed by atoms with Crippen LogP contribution in [0.15, 0.2) is 40.1 Å². The lowest BCUT2D eigenvalue weighted by Crippen LogP contribution is -2.47. The lowest BCUT2D eigenvalue weighted by molar-refractivity contribution is 0.249. The number of para-hydroxylation sites is 1. The van der Waals surface area contributed by atoms with Crippen molar-refractivity contribution < 1.29 is 0 Å². The van der Waals surface area contributed by atoms with Gasteiger partial charge < -0.3 is 9.88 Å². The molecule has 3 rings (SSSR count). The fourth-order valence-corrected chi connectivity index (χ4v) is 3.45. The molecule has 0 saturated carbocycles. The Bertz CT molecular complexity index is 842. The summed E-state index contributed by atoms with van der Waals surface area (Å²) in [5.41, 5.74) is 1.11. The molecule has 1 aliphatic heterocycles. The van der Waals surface area contributed by atoms with E-state index >= 15 is 0 Å². The second-order valence-electron chi connectivity index (χ2n) is 6.37. The monoisotopic (exact) mass is 398 g/mol. The highest BCUT2D eigenvalue weighted by Gasteiger charge is 2.18. The first-order chi connectivity index (χ1) is 12.1. The summed E-state index contributed by atoms with van der Waals surface area (Å²) in [5.74, 6) is 0. The van der Waals surface area contributed by atoms with Crippen LogP contribution in [-0.4, -0.2) is 47.2 Å². The van der Waals surface area contributed by atoms with Crippen molar-refractivity contribution in [3.05, 3.63) is 61.9 Å². The van der Waals surface area contributed by atoms with E-state index in [9.17, 15) is 9.59 Å². The van der Waals surface area contributed by atoms with Crippen LogP contribution in [0.5, 0.6) is 0 Å². The first-order valence-electron chi connectivity index (χ1n) is 8.57. The molecule has 1 aromatic heterocycles. The molecule has 0 aliphatic carbocycles. The number of anilines is 1. The minimum atomic E-state index is -0.334. The summed E-state index contributed by atoms with van der Waals surface area (Å²) in [4.78, 5) is 31.1. The van der Waals surface area contributed by atoms with Crippen molar-refractivity contribution in [1.29, 1.82) is 0 Å². The van der Waals surface area contributed by atoms with Crippen molar-refractivity contribution in [3.63, 3.8) is 0 Å². The first-order valence-corrected chi connectivity index (χ1v) is 8.95. The number of hydrogen-bond acceptors (Lipinski definition) is 4. The van der Waals surface area contributed by atoms with Gasteiger partial charge in [-0.3, -0.25) is 14.3 Å². The maximum absolute atomic E-state index is 12.0. The molecule has 1 N–H and O–H groups in total. The topological polar surface area (TPSA) is 61.3 Å². The van der Waals surface area contributed by atoms with Gasteiger partial charge in [0.15, 0.2) is 0 Å². The molecule has 0 radical (unpaired) electrons. The van der Waals surface area contributed by atoms with Gasteiger partial charge >= 0.3 is 5.69 Å². The van der Waals surface area contributed by atoms with Gasteiger partial charge in [-0.15, -0.1) is 12.4 Å². The fourth-order valence-electron chi connectivity index (χ4n) is 3.19. The van der Waals surface area contributed by atoms with Crippen molar-refractivity contribution in [2.45, 2.75) is 19.9 Å². The summed E-state index contributed by atoms with van der Waals surface area (Å²) in [6.45, 7) is 6.78. The lowest BCUT2D eigenvalue weighted by atomic mass is 10.2. The van der Waals surface area contributed by atoms with Gasteiger partial charge in [0.25, 0.3) is 5.56 Å². The molecule has 1 fully saturated rings. The Morgan fingerprint density at radius 1 is 1.08 bits per heavy atom. The van der Waals surface area contributed by atoms with Crippen LogP contribution in [0, 0.1) is 6.92 Å². The van der Waals surface area contributed by atoms with Crippen LogP contribution in [0.3, 0.4) is 0 Å². The Kier molecular flexibility index (Phi) is 7.32. The zero-order chi connectivity index (χ0) is 17.8. The Balaban J connectivity index is 0.00000243. The minimum Gasteiger partial charge on any atom is -0.368 e. The largest absolute Gasteiger partial charge is 0.368 e. The summed E-state index contributed by atoms with van der Waals surface area (Å²) >= 11 is 6.27. The molecule has 26 heavy (non-hydrogen) atoms. The van der Waals surface area contributed by atoms with Gasteiger partial charge in [-0.1, -0.05) is 23.7 Å². The summed E-state index contributed by atoms with van der Waals surface area (Å²) in [7, 11) is 0. The Hall–Kier alpha value is -1.76. The number of aryl methyl sites for hydroxylation is 1. The Labute approximate surface area is 163 Å². The van der Waals surface area contributed by atoms with Crippen molar-refractivity contribution in [1.82, 2.24) is 14.5 Å². The molecule has 0 unspecified atom stereocenters. The van der Waals surface area contributed by atoms with Gasteiger partial charge in [-0.2, -0.15) is 0 Å². The number of nitrogens with one attached hydrogen (secondary N) is 1. The molecular formula is C18H24Cl2N4O2. The van der Waals surface area contributed by atoms with Crippen LogP contribution >= 0.6 is 24.0 Å². The van der Waals surface area contributed by atoms with Gasteiger partial charge in [-0.25, -0.2) is 4.79 Å². The van der Waals surface area contributed by atoms with E-state index < -0.39 is 0 Å². The van der Waals surface area contributed by atoms with Crippen molar-refractivity contribution in [2.24, 2.45) is 0 Å². The average molecular weight is 399 g/mol. The number of rotatable bonds is 5. The second-order valence-corrected chi connectivity index (χ2v) is 6.77. The minimum absolute atomic E-state index is 0. The third-order valence-electron chi connectivity index (χ3n) is 4.66. The van der Waals surface area contributed by atoms with E-state index in [-0.39, 0.29) is 23.7 Å². The number of hydrogen-bond donors (Lipinski definition) is 1. The van der Waals surface area contributed by atoms with Gasteiger partial charge in [0.05, 0.1) is 10.7 Å². The van der Waals surface area contributed by atoms with E-state index in [1.807, 2.05) is 18.2 Å². The molecule has 142 valence electrons.